The molecule has 4 aromatic heterocycles. The van der Waals surface area contributed by atoms with Gasteiger partial charge in [-0.05, 0) is 56.6 Å². The molecule has 0 bridgehead atoms. The highest BCUT2D eigenvalue weighted by Crippen LogP contribution is 2.30. The number of aromatic nitrogens is 7. The Morgan fingerprint density at radius 1 is 1.12 bits per heavy atom. The van der Waals surface area contributed by atoms with E-state index >= 15 is 0 Å². The zero-order valence-corrected chi connectivity index (χ0v) is 23.8. The van der Waals surface area contributed by atoms with Crippen LogP contribution in [0.15, 0.2) is 52.0 Å². The van der Waals surface area contributed by atoms with E-state index in [1.807, 2.05) is 12.1 Å². The molecule has 1 atom stereocenters. The standard InChI is InChI=1S/C29H28ClFN8O4/c30-19-2-1-18(21(31)11-19)16-42-28-32-7-3-22(35-28)17-4-8-38(9-5-17)15-26-34-23-12-24(27-36-29(40)43-37-27)33-13-25(23)39(26)14-20-6-10-41-20/h1-3,7,11-13,17,20H,4-6,8-10,14-16H2,(H,36,37,40). The second-order valence-corrected chi connectivity index (χ2v) is 11.2. The molecule has 6 heterocycles. The Balaban J connectivity index is 1.03. The minimum absolute atomic E-state index is 0.0192. The van der Waals surface area contributed by atoms with Gasteiger partial charge in [-0.2, -0.15) is 4.98 Å². The summed E-state index contributed by atoms with van der Waals surface area (Å²) in [6, 6.07) is 8.44. The molecule has 0 radical (unpaired) electrons. The first-order valence-electron chi connectivity index (χ1n) is 14.1. The number of hydrogen-bond acceptors (Lipinski definition) is 10. The zero-order valence-electron chi connectivity index (χ0n) is 23.1. The number of piperidine rings is 1. The quantitative estimate of drug-likeness (QED) is 0.261. The number of benzene rings is 1. The first kappa shape index (κ1) is 27.6. The highest BCUT2D eigenvalue weighted by atomic mass is 35.5. The maximum Gasteiger partial charge on any atom is 0.439 e. The second kappa shape index (κ2) is 11.8. The Kier molecular flexibility index (Phi) is 7.59. The van der Waals surface area contributed by atoms with Crippen LogP contribution in [0.4, 0.5) is 4.39 Å². The SMILES string of the molecule is O=c1[nH]c(-c2cc3nc(CN4CCC(c5ccnc(OCc6ccc(Cl)cc6F)n5)CC4)n(CC4CCO4)c3cn2)no1. The second-order valence-electron chi connectivity index (χ2n) is 10.8. The van der Waals surface area contributed by atoms with Crippen molar-refractivity contribution in [3.8, 4) is 17.5 Å². The summed E-state index contributed by atoms with van der Waals surface area (Å²) < 4.78 is 32.4. The Bertz CT molecular complexity index is 1810. The number of rotatable bonds is 9. The molecule has 5 aromatic rings. The molecule has 14 heteroatoms. The van der Waals surface area contributed by atoms with Crippen molar-refractivity contribution in [2.24, 2.45) is 0 Å². The fourth-order valence-electron chi connectivity index (χ4n) is 5.52. The summed E-state index contributed by atoms with van der Waals surface area (Å²) in [4.78, 5) is 34.6. The fourth-order valence-corrected chi connectivity index (χ4v) is 5.68. The average Bonchev–Trinajstić information content (AvgIpc) is 3.57. The lowest BCUT2D eigenvalue weighted by Gasteiger charge is -2.32. The van der Waals surface area contributed by atoms with Gasteiger partial charge in [0.25, 0.3) is 0 Å². The van der Waals surface area contributed by atoms with E-state index in [0.29, 0.717) is 29.4 Å². The normalized spacial score (nSPS) is 17.8. The van der Waals surface area contributed by atoms with Gasteiger partial charge in [-0.1, -0.05) is 22.8 Å². The number of likely N-dealkylation sites (tertiary alicyclic amines) is 1. The molecule has 222 valence electrons. The largest absolute Gasteiger partial charge is 0.458 e. The number of pyridine rings is 1. The van der Waals surface area contributed by atoms with Crippen LogP contribution in [0.2, 0.25) is 5.02 Å². The van der Waals surface area contributed by atoms with Gasteiger partial charge in [-0.15, -0.1) is 0 Å². The smallest absolute Gasteiger partial charge is 0.439 e. The predicted molar refractivity (Wildman–Crippen MR) is 153 cm³/mol. The van der Waals surface area contributed by atoms with Crippen molar-refractivity contribution in [2.45, 2.75) is 51.0 Å². The molecule has 7 rings (SSSR count). The average molecular weight is 607 g/mol. The molecule has 0 saturated carbocycles. The van der Waals surface area contributed by atoms with Gasteiger partial charge in [-0.3, -0.25) is 19.4 Å². The molecule has 0 aliphatic carbocycles. The lowest BCUT2D eigenvalue weighted by atomic mass is 9.93. The molecule has 1 unspecified atom stereocenters. The van der Waals surface area contributed by atoms with Gasteiger partial charge in [0.2, 0.25) is 5.82 Å². The molecule has 2 fully saturated rings. The van der Waals surface area contributed by atoms with Crippen LogP contribution < -0.4 is 10.5 Å². The van der Waals surface area contributed by atoms with Crippen LogP contribution in [0.3, 0.4) is 0 Å². The Labute approximate surface area is 249 Å². The predicted octanol–water partition coefficient (Wildman–Crippen LogP) is 4.10. The summed E-state index contributed by atoms with van der Waals surface area (Å²) in [6.45, 7) is 3.91. The minimum Gasteiger partial charge on any atom is -0.458 e. The van der Waals surface area contributed by atoms with Gasteiger partial charge in [0.1, 0.15) is 23.9 Å². The van der Waals surface area contributed by atoms with Gasteiger partial charge in [0, 0.05) is 29.3 Å². The van der Waals surface area contributed by atoms with E-state index in [1.54, 1.807) is 24.5 Å². The van der Waals surface area contributed by atoms with Gasteiger partial charge in [-0.25, -0.2) is 19.2 Å². The Morgan fingerprint density at radius 3 is 2.72 bits per heavy atom. The summed E-state index contributed by atoms with van der Waals surface area (Å²) in [5, 5.41) is 4.09. The number of aromatic amines is 1. The van der Waals surface area contributed by atoms with Crippen molar-refractivity contribution in [1.29, 1.82) is 0 Å². The van der Waals surface area contributed by atoms with E-state index in [0.717, 1.165) is 61.5 Å². The van der Waals surface area contributed by atoms with E-state index < -0.39 is 11.6 Å². The highest BCUT2D eigenvalue weighted by Gasteiger charge is 2.26. The molecule has 0 amide bonds. The molecule has 2 saturated heterocycles. The third-order valence-corrected chi connectivity index (χ3v) is 8.21. The third-order valence-electron chi connectivity index (χ3n) is 7.97. The van der Waals surface area contributed by atoms with Gasteiger partial charge in [0.15, 0.2) is 0 Å². The Morgan fingerprint density at radius 2 is 1.98 bits per heavy atom. The number of fused-ring (bicyclic) bond motifs is 1. The molecule has 43 heavy (non-hydrogen) atoms. The topological polar surface area (TPSA) is 137 Å². The number of H-pyrrole nitrogens is 1. The van der Waals surface area contributed by atoms with Crippen LogP contribution in [-0.2, 0) is 24.4 Å². The van der Waals surface area contributed by atoms with Crippen LogP contribution >= 0.6 is 11.6 Å². The molecule has 0 spiro atoms. The molecular weight excluding hydrogens is 579 g/mol. The number of nitrogens with one attached hydrogen (secondary N) is 1. The van der Waals surface area contributed by atoms with Gasteiger partial charge >= 0.3 is 11.8 Å². The monoisotopic (exact) mass is 606 g/mol. The molecule has 1 N–H and O–H groups in total. The van der Waals surface area contributed by atoms with Gasteiger partial charge in [0.05, 0.1) is 42.1 Å². The first-order chi connectivity index (χ1) is 21.0. The van der Waals surface area contributed by atoms with E-state index in [-0.39, 0.29) is 30.5 Å². The number of hydrogen-bond donors (Lipinski definition) is 1. The van der Waals surface area contributed by atoms with E-state index in [1.165, 1.54) is 6.07 Å². The lowest BCUT2D eigenvalue weighted by molar-refractivity contribution is -0.0592. The number of nitrogens with zero attached hydrogens (tertiary/aromatic N) is 7. The van der Waals surface area contributed by atoms with Crippen LogP contribution in [0.1, 0.15) is 42.3 Å². The number of ether oxygens (including phenoxy) is 2. The first-order valence-corrected chi connectivity index (χ1v) is 14.5. The summed E-state index contributed by atoms with van der Waals surface area (Å²) in [5.41, 5.74) is 3.47. The summed E-state index contributed by atoms with van der Waals surface area (Å²) in [7, 11) is 0. The third kappa shape index (κ3) is 6.01. The van der Waals surface area contributed by atoms with Gasteiger partial charge < -0.3 is 14.0 Å². The van der Waals surface area contributed by atoms with E-state index in [9.17, 15) is 9.18 Å². The maximum atomic E-state index is 14.1. The lowest BCUT2D eigenvalue weighted by Crippen LogP contribution is -2.35. The van der Waals surface area contributed by atoms with E-state index in [4.69, 9.17) is 26.1 Å². The Hall–Kier alpha value is -4.20. The number of imidazole rings is 1. The van der Waals surface area contributed by atoms with Crippen LogP contribution in [0.25, 0.3) is 22.6 Å². The molecular formula is C29H28ClFN8O4. The molecule has 1 aromatic carbocycles. The molecule has 2 aliphatic rings. The van der Waals surface area contributed by atoms with Crippen molar-refractivity contribution in [3.05, 3.63) is 81.2 Å². The maximum absolute atomic E-state index is 14.1. The minimum atomic E-state index is -0.632. The van der Waals surface area contributed by atoms with Crippen molar-refractivity contribution in [3.63, 3.8) is 0 Å². The van der Waals surface area contributed by atoms with Crippen LogP contribution in [-0.4, -0.2) is 65.3 Å². The molecule has 12 nitrogen and oxygen atoms in total. The van der Waals surface area contributed by atoms with Crippen LogP contribution in [0, 0.1) is 5.82 Å². The molecule has 2 aliphatic heterocycles. The van der Waals surface area contributed by atoms with Crippen LogP contribution in [0.5, 0.6) is 6.01 Å². The fraction of sp³-hybridized carbons (Fsp3) is 0.379. The summed E-state index contributed by atoms with van der Waals surface area (Å²) in [5.74, 6) is 0.402. The number of halogens is 2. The van der Waals surface area contributed by atoms with Crippen molar-refractivity contribution < 1.29 is 18.4 Å². The van der Waals surface area contributed by atoms with E-state index in [2.05, 4.69) is 39.1 Å². The van der Waals surface area contributed by atoms with Crippen molar-refractivity contribution >= 4 is 22.6 Å². The summed E-state index contributed by atoms with van der Waals surface area (Å²) in [6.07, 6.45) is 6.44. The highest BCUT2D eigenvalue weighted by molar-refractivity contribution is 6.30. The van der Waals surface area contributed by atoms with Crippen molar-refractivity contribution in [2.75, 3.05) is 19.7 Å². The zero-order chi connectivity index (χ0) is 29.3. The van der Waals surface area contributed by atoms with Crippen molar-refractivity contribution in [1.82, 2.24) is 39.5 Å². The summed E-state index contributed by atoms with van der Waals surface area (Å²) >= 11 is 5.84.